The van der Waals surface area contributed by atoms with Crippen LogP contribution < -0.4 is 24.0 Å². The van der Waals surface area contributed by atoms with E-state index in [0.29, 0.717) is 0 Å². The van der Waals surface area contributed by atoms with Gasteiger partial charge in [-0.05, 0) is 70.0 Å². The molecule has 136 valence electrons. The molecule has 2 rings (SSSR count). The zero-order valence-electron chi connectivity index (χ0n) is 14.5. The van der Waals surface area contributed by atoms with E-state index in [1.807, 2.05) is 12.1 Å². The Hall–Kier alpha value is -0.540. The average molecular weight is 569 g/mol. The lowest BCUT2D eigenvalue weighted by Crippen LogP contribution is -3.00. The predicted octanol–water partition coefficient (Wildman–Crippen LogP) is 2.65. The Morgan fingerprint density at radius 2 is 1.52 bits per heavy atom. The molecule has 0 radical (unpaired) electrons. The Bertz CT molecular complexity index is 667. The van der Waals surface area contributed by atoms with Crippen molar-refractivity contribution in [3.8, 4) is 0 Å². The molecule has 0 amide bonds. The lowest BCUT2D eigenvalue weighted by molar-refractivity contribution is -0.874. The summed E-state index contributed by atoms with van der Waals surface area (Å²) in [5.41, 5.74) is 2.44. The number of alkyl halides is 1. The van der Waals surface area contributed by atoms with Gasteiger partial charge in [-0.25, -0.2) is 8.78 Å². The number of quaternary nitrogens is 1. The molecule has 0 fully saturated rings. The summed E-state index contributed by atoms with van der Waals surface area (Å²) < 4.78 is 29.2. The monoisotopic (exact) mass is 569 g/mol. The zero-order valence-corrected chi connectivity index (χ0v) is 18.8. The van der Waals surface area contributed by atoms with E-state index in [4.69, 9.17) is 0 Å². The molecule has 0 saturated carbocycles. The molecule has 5 heteroatoms. The minimum Gasteiger partial charge on any atom is -1.00 e. The summed E-state index contributed by atoms with van der Waals surface area (Å²) in [5.74, 6) is -0.560. The zero-order chi connectivity index (χ0) is 17.6. The second kappa shape index (κ2) is 10.6. The molecule has 0 saturated heterocycles. The van der Waals surface area contributed by atoms with Crippen LogP contribution in [0.15, 0.2) is 54.6 Å². The molecule has 0 spiro atoms. The molecule has 0 bridgehead atoms. The average Bonchev–Trinajstić information content (AvgIpc) is 2.55. The van der Waals surface area contributed by atoms with Crippen molar-refractivity contribution in [2.75, 3.05) is 25.2 Å². The fourth-order valence-electron chi connectivity index (χ4n) is 2.54. The number of benzene rings is 2. The van der Waals surface area contributed by atoms with Gasteiger partial charge in [-0.3, -0.25) is 0 Å². The standard InChI is InChI=1S/C20H23F2IN.HI/c1-24(2,15-23)12-4-3-11-20(16-7-5-9-18(21)13-16)17-8-6-10-19(22)14-17;/h5-11,13-14H,3-4,12,15H2,1-2H3;1H/q+1;/p-1. The molecule has 0 aromatic heterocycles. The van der Waals surface area contributed by atoms with Crippen LogP contribution in [0.1, 0.15) is 24.0 Å². The highest BCUT2D eigenvalue weighted by Crippen LogP contribution is 2.25. The van der Waals surface area contributed by atoms with E-state index < -0.39 is 0 Å². The van der Waals surface area contributed by atoms with Crippen LogP contribution in [0.3, 0.4) is 0 Å². The lowest BCUT2D eigenvalue weighted by Gasteiger charge is -2.26. The van der Waals surface area contributed by atoms with E-state index in [2.05, 4.69) is 42.8 Å². The molecule has 2 aromatic carbocycles. The number of rotatable bonds is 7. The molecular formula is C20H23F2I2N. The van der Waals surface area contributed by atoms with Gasteiger partial charge in [0.2, 0.25) is 0 Å². The van der Waals surface area contributed by atoms with Crippen molar-refractivity contribution in [3.63, 3.8) is 0 Å². The van der Waals surface area contributed by atoms with Crippen LogP contribution in [0, 0.1) is 11.6 Å². The van der Waals surface area contributed by atoms with Crippen LogP contribution in [0.25, 0.3) is 5.57 Å². The van der Waals surface area contributed by atoms with Gasteiger partial charge in [-0.15, -0.1) is 0 Å². The van der Waals surface area contributed by atoms with Gasteiger partial charge in [0, 0.05) is 6.42 Å². The van der Waals surface area contributed by atoms with Gasteiger partial charge < -0.3 is 28.5 Å². The maximum atomic E-state index is 13.6. The smallest absolute Gasteiger partial charge is 0.129 e. The van der Waals surface area contributed by atoms with E-state index in [0.717, 1.165) is 45.1 Å². The topological polar surface area (TPSA) is 0 Å². The Balaban J connectivity index is 0.00000312. The van der Waals surface area contributed by atoms with Crippen LogP contribution in [-0.4, -0.2) is 29.7 Å². The maximum Gasteiger partial charge on any atom is 0.129 e. The highest BCUT2D eigenvalue weighted by atomic mass is 127. The van der Waals surface area contributed by atoms with Gasteiger partial charge in [0.15, 0.2) is 0 Å². The Morgan fingerprint density at radius 3 is 1.96 bits per heavy atom. The number of halogens is 4. The fourth-order valence-corrected chi connectivity index (χ4v) is 2.88. The second-order valence-corrected chi connectivity index (χ2v) is 7.24. The summed E-state index contributed by atoms with van der Waals surface area (Å²) in [6, 6.07) is 13.0. The molecule has 0 unspecified atom stereocenters. The van der Waals surface area contributed by atoms with Crippen molar-refractivity contribution < 1.29 is 37.2 Å². The van der Waals surface area contributed by atoms with Crippen LogP contribution in [0.5, 0.6) is 0 Å². The van der Waals surface area contributed by atoms with Gasteiger partial charge in [-0.2, -0.15) is 0 Å². The summed E-state index contributed by atoms with van der Waals surface area (Å²) in [7, 11) is 4.41. The van der Waals surface area contributed by atoms with Crippen LogP contribution in [-0.2, 0) is 0 Å². The summed E-state index contributed by atoms with van der Waals surface area (Å²) in [6.07, 6.45) is 4.00. The van der Waals surface area contributed by atoms with E-state index in [9.17, 15) is 8.78 Å². The first kappa shape index (κ1) is 22.5. The third-order valence-corrected chi connectivity index (χ3v) is 5.76. The largest absolute Gasteiger partial charge is 1.00 e. The number of hydrogen-bond donors (Lipinski definition) is 0. The van der Waals surface area contributed by atoms with E-state index in [-0.39, 0.29) is 35.6 Å². The minimum atomic E-state index is -0.280. The summed E-state index contributed by atoms with van der Waals surface area (Å²) in [6.45, 7) is 1.07. The molecule has 0 heterocycles. The van der Waals surface area contributed by atoms with Crippen LogP contribution in [0.4, 0.5) is 8.78 Å². The molecule has 1 nitrogen and oxygen atoms in total. The molecule has 25 heavy (non-hydrogen) atoms. The normalized spacial score (nSPS) is 10.9. The SMILES string of the molecule is C[N+](C)(CI)CCCC=C(c1cccc(F)c1)c1cccc(F)c1.[I-]. The maximum absolute atomic E-state index is 13.6. The first-order chi connectivity index (χ1) is 11.4. The fraction of sp³-hybridized carbons (Fsp3) is 0.300. The van der Waals surface area contributed by atoms with Crippen molar-refractivity contribution in [3.05, 3.63) is 77.4 Å². The van der Waals surface area contributed by atoms with Gasteiger partial charge in [0.1, 0.15) is 16.2 Å². The number of nitrogens with zero attached hydrogens (tertiary/aromatic N) is 1. The summed E-state index contributed by atoms with van der Waals surface area (Å²) in [5, 5.41) is 0. The van der Waals surface area contributed by atoms with E-state index in [1.54, 1.807) is 12.1 Å². The molecule has 0 aliphatic carbocycles. The molecule has 0 atom stereocenters. The Kier molecular flexibility index (Phi) is 9.51. The molecular weight excluding hydrogens is 546 g/mol. The first-order valence-electron chi connectivity index (χ1n) is 8.01. The highest BCUT2D eigenvalue weighted by Gasteiger charge is 2.12. The van der Waals surface area contributed by atoms with Crippen LogP contribution >= 0.6 is 22.6 Å². The van der Waals surface area contributed by atoms with Gasteiger partial charge in [0.25, 0.3) is 0 Å². The summed E-state index contributed by atoms with van der Waals surface area (Å²) in [4.78, 5) is 0. The summed E-state index contributed by atoms with van der Waals surface area (Å²) >= 11 is 2.39. The second-order valence-electron chi connectivity index (χ2n) is 6.56. The third-order valence-electron chi connectivity index (χ3n) is 3.91. The Morgan fingerprint density at radius 1 is 1.00 bits per heavy atom. The van der Waals surface area contributed by atoms with Gasteiger partial charge >= 0.3 is 0 Å². The van der Waals surface area contributed by atoms with Crippen molar-refractivity contribution in [2.45, 2.75) is 12.8 Å². The van der Waals surface area contributed by atoms with Crippen molar-refractivity contribution in [2.24, 2.45) is 0 Å². The Labute approximate surface area is 179 Å². The lowest BCUT2D eigenvalue weighted by atomic mass is 9.96. The minimum absolute atomic E-state index is 0. The third kappa shape index (κ3) is 7.30. The quantitative estimate of drug-likeness (QED) is 0.158. The molecule has 0 aliphatic rings. The molecule has 0 aliphatic heterocycles. The predicted molar refractivity (Wildman–Crippen MR) is 105 cm³/mol. The van der Waals surface area contributed by atoms with Gasteiger partial charge in [0.05, 0.1) is 20.6 Å². The van der Waals surface area contributed by atoms with E-state index >= 15 is 0 Å². The number of unbranched alkanes of at least 4 members (excludes halogenated alkanes) is 1. The highest BCUT2D eigenvalue weighted by molar-refractivity contribution is 14.1. The number of hydrogen-bond acceptors (Lipinski definition) is 0. The first-order valence-corrected chi connectivity index (χ1v) is 9.54. The van der Waals surface area contributed by atoms with Crippen LogP contribution in [0.2, 0.25) is 0 Å². The molecule has 0 N–H and O–H groups in total. The van der Waals surface area contributed by atoms with Gasteiger partial charge in [-0.1, -0.05) is 30.3 Å². The van der Waals surface area contributed by atoms with Crippen molar-refractivity contribution in [1.82, 2.24) is 0 Å². The number of allylic oxidation sites excluding steroid dienone is 1. The van der Waals surface area contributed by atoms with E-state index in [1.165, 1.54) is 24.3 Å². The van der Waals surface area contributed by atoms with Crippen molar-refractivity contribution in [1.29, 1.82) is 0 Å². The van der Waals surface area contributed by atoms with Crippen molar-refractivity contribution >= 4 is 28.2 Å². The molecule has 2 aromatic rings.